The first-order chi connectivity index (χ1) is 23.0. The van der Waals surface area contributed by atoms with E-state index in [1.54, 1.807) is 0 Å². The number of ether oxygens (including phenoxy) is 3. The zero-order valence-electron chi connectivity index (χ0n) is 24.5. The van der Waals surface area contributed by atoms with Gasteiger partial charge in [-0.3, -0.25) is 0 Å². The standard InChI is InChI=1S/C24H13F25O4/c1-9(2)12(50)51-8-7-10-3-5-11(6-4-10)52-22(44,45)18(35,36)15(29,30)16(31,32)20(39,40)24(48,49)53-23(46,47)19(37,38)14(27,28)13(25,26)17(33,34)21(41,42)43/h3-6H,1,7-8H2,2H3. The van der Waals surface area contributed by atoms with E-state index in [-0.39, 0.29) is 29.7 Å². The molecule has 29 heteroatoms. The Kier molecular flexibility index (Phi) is 12.2. The number of carbonyl (C=O) groups excluding carboxylic acids is 1. The van der Waals surface area contributed by atoms with Gasteiger partial charge >= 0.3 is 77.9 Å². The number of carbonyl (C=O) groups is 1. The Morgan fingerprint density at radius 1 is 0.509 bits per heavy atom. The Labute approximate surface area is 275 Å². The van der Waals surface area contributed by atoms with Crippen LogP contribution >= 0.6 is 0 Å². The number of rotatable bonds is 17. The molecule has 0 aliphatic heterocycles. The minimum atomic E-state index is -9.11. The van der Waals surface area contributed by atoms with Gasteiger partial charge in [-0.25, -0.2) is 9.53 Å². The lowest BCUT2D eigenvalue weighted by atomic mass is 9.96. The lowest BCUT2D eigenvalue weighted by molar-refractivity contribution is -0.529. The summed E-state index contributed by atoms with van der Waals surface area (Å²) in [7, 11) is 0. The fourth-order valence-electron chi connectivity index (χ4n) is 3.13. The van der Waals surface area contributed by atoms with Crippen LogP contribution in [0.15, 0.2) is 36.4 Å². The molecule has 0 spiro atoms. The fourth-order valence-corrected chi connectivity index (χ4v) is 3.13. The van der Waals surface area contributed by atoms with Crippen LogP contribution in [0.3, 0.4) is 0 Å². The second-order valence-corrected chi connectivity index (χ2v) is 10.2. The second-order valence-electron chi connectivity index (χ2n) is 10.2. The molecule has 1 aromatic rings. The molecule has 0 unspecified atom stereocenters. The lowest BCUT2D eigenvalue weighted by Gasteiger charge is -2.42. The van der Waals surface area contributed by atoms with E-state index in [0.717, 1.165) is 4.74 Å². The van der Waals surface area contributed by atoms with Crippen molar-refractivity contribution in [1.82, 2.24) is 0 Å². The Hall–Kier alpha value is -3.56. The van der Waals surface area contributed by atoms with E-state index in [9.17, 15) is 115 Å². The molecule has 53 heavy (non-hydrogen) atoms. The SMILES string of the molecule is C=C(C)C(=O)OCCc1ccc(OC(F)(F)C(F)(F)C(F)(F)C(F)(F)C(F)(F)C(F)(F)OC(F)(F)C(F)(F)C(F)(F)C(F)(F)C(F)(F)C(F)(F)F)cc1. The molecule has 0 aliphatic rings. The van der Waals surface area contributed by atoms with E-state index in [4.69, 9.17) is 0 Å². The third kappa shape index (κ3) is 7.57. The zero-order chi connectivity index (χ0) is 42.7. The molecular weight excluding hydrogens is 827 g/mol. The van der Waals surface area contributed by atoms with Crippen LogP contribution in [-0.4, -0.2) is 84.5 Å². The van der Waals surface area contributed by atoms with Gasteiger partial charge in [0, 0.05) is 12.0 Å². The summed E-state index contributed by atoms with van der Waals surface area (Å²) in [5, 5.41) is 0. The molecule has 0 saturated carbocycles. The first kappa shape index (κ1) is 47.5. The summed E-state index contributed by atoms with van der Waals surface area (Å²) in [5.41, 5.74) is -0.198. The van der Waals surface area contributed by atoms with E-state index in [1.165, 1.54) is 6.92 Å². The van der Waals surface area contributed by atoms with Gasteiger partial charge in [0.2, 0.25) is 0 Å². The van der Waals surface area contributed by atoms with Crippen LogP contribution in [0.2, 0.25) is 0 Å². The summed E-state index contributed by atoms with van der Waals surface area (Å²) in [6, 6.07) is 1.46. The van der Waals surface area contributed by atoms with Crippen molar-refractivity contribution in [3.63, 3.8) is 0 Å². The van der Waals surface area contributed by atoms with Crippen LogP contribution in [0.5, 0.6) is 5.75 Å². The number of halogens is 25. The summed E-state index contributed by atoms with van der Waals surface area (Å²) in [6.45, 7) is 3.90. The predicted octanol–water partition coefficient (Wildman–Crippen LogP) is 10.2. The zero-order valence-corrected chi connectivity index (χ0v) is 24.5. The minimum Gasteiger partial charge on any atom is -0.462 e. The topological polar surface area (TPSA) is 44.8 Å². The van der Waals surface area contributed by atoms with Gasteiger partial charge in [0.1, 0.15) is 5.75 Å². The Bertz CT molecular complexity index is 1480. The van der Waals surface area contributed by atoms with Crippen molar-refractivity contribution in [2.24, 2.45) is 0 Å². The highest BCUT2D eigenvalue weighted by Gasteiger charge is 2.95. The van der Waals surface area contributed by atoms with Gasteiger partial charge < -0.3 is 9.47 Å². The van der Waals surface area contributed by atoms with E-state index in [0.29, 0.717) is 12.1 Å². The van der Waals surface area contributed by atoms with Crippen molar-refractivity contribution in [3.8, 4) is 5.75 Å². The van der Waals surface area contributed by atoms with Gasteiger partial charge in [-0.1, -0.05) is 18.7 Å². The Morgan fingerprint density at radius 2 is 0.830 bits per heavy atom. The van der Waals surface area contributed by atoms with E-state index >= 15 is 0 Å². The number of esters is 1. The molecule has 1 aromatic carbocycles. The average molecular weight is 840 g/mol. The molecule has 4 nitrogen and oxygen atoms in total. The lowest BCUT2D eigenvalue weighted by Crippen LogP contribution is -2.74. The van der Waals surface area contributed by atoms with Crippen LogP contribution in [-0.2, 0) is 20.7 Å². The van der Waals surface area contributed by atoms with Crippen LogP contribution in [0.25, 0.3) is 0 Å². The van der Waals surface area contributed by atoms with Gasteiger partial charge in [-0.15, -0.1) is 0 Å². The van der Waals surface area contributed by atoms with E-state index in [1.807, 2.05) is 0 Å². The largest absolute Gasteiger partial charge is 0.471 e. The van der Waals surface area contributed by atoms with Crippen LogP contribution in [0, 0.1) is 0 Å². The summed E-state index contributed by atoms with van der Waals surface area (Å²) in [4.78, 5) is 11.3. The maximum absolute atomic E-state index is 14.1. The van der Waals surface area contributed by atoms with Gasteiger partial charge in [0.25, 0.3) is 0 Å². The number of benzene rings is 1. The highest BCUT2D eigenvalue weighted by Crippen LogP contribution is 2.64. The molecule has 0 radical (unpaired) electrons. The summed E-state index contributed by atoms with van der Waals surface area (Å²) >= 11 is 0. The highest BCUT2D eigenvalue weighted by molar-refractivity contribution is 5.86. The van der Waals surface area contributed by atoms with Gasteiger partial charge in [-0.05, 0) is 24.6 Å². The van der Waals surface area contributed by atoms with Crippen molar-refractivity contribution in [2.75, 3.05) is 6.61 Å². The first-order valence-electron chi connectivity index (χ1n) is 12.5. The second kappa shape index (κ2) is 13.6. The van der Waals surface area contributed by atoms with Crippen molar-refractivity contribution >= 4 is 5.97 Å². The molecule has 0 N–H and O–H groups in total. The molecule has 0 fully saturated rings. The van der Waals surface area contributed by atoms with Crippen LogP contribution < -0.4 is 4.74 Å². The van der Waals surface area contributed by atoms with E-state index < -0.39 is 90.2 Å². The smallest absolute Gasteiger partial charge is 0.462 e. The van der Waals surface area contributed by atoms with E-state index in [2.05, 4.69) is 16.1 Å². The number of alkyl halides is 25. The number of hydrogen-bond acceptors (Lipinski definition) is 4. The summed E-state index contributed by atoms with van der Waals surface area (Å²) in [5.74, 6) is -73.6. The molecule has 0 bridgehead atoms. The maximum atomic E-state index is 14.1. The monoisotopic (exact) mass is 840 g/mol. The normalized spacial score (nSPS) is 15.4. The van der Waals surface area contributed by atoms with Crippen molar-refractivity contribution in [1.29, 1.82) is 0 Å². The predicted molar refractivity (Wildman–Crippen MR) is 118 cm³/mol. The molecule has 0 aliphatic carbocycles. The maximum Gasteiger partial charge on any atom is 0.471 e. The van der Waals surface area contributed by atoms with Gasteiger partial charge in [-0.2, -0.15) is 110 Å². The summed E-state index contributed by atoms with van der Waals surface area (Å²) in [6.07, 6.45) is -33.4. The van der Waals surface area contributed by atoms with Gasteiger partial charge in [0.05, 0.1) is 6.61 Å². The number of hydrogen-bond donors (Lipinski definition) is 0. The molecule has 0 aromatic heterocycles. The van der Waals surface area contributed by atoms with Gasteiger partial charge in [0.15, 0.2) is 0 Å². The Balaban J connectivity index is 3.50. The molecule has 1 rings (SSSR count). The van der Waals surface area contributed by atoms with Crippen LogP contribution in [0.1, 0.15) is 12.5 Å². The van der Waals surface area contributed by atoms with Crippen LogP contribution in [0.4, 0.5) is 110 Å². The molecular formula is C24H13F25O4. The van der Waals surface area contributed by atoms with Crippen molar-refractivity contribution < 1.29 is 129 Å². The Morgan fingerprint density at radius 3 is 1.15 bits per heavy atom. The first-order valence-corrected chi connectivity index (χ1v) is 12.5. The van der Waals surface area contributed by atoms with Crippen molar-refractivity contribution in [2.45, 2.75) is 85.2 Å². The third-order valence-electron chi connectivity index (χ3n) is 6.22. The molecule has 0 saturated heterocycles. The summed E-state index contributed by atoms with van der Waals surface area (Å²) < 4.78 is 346. The highest BCUT2D eigenvalue weighted by atomic mass is 19.4. The molecule has 0 atom stereocenters. The molecule has 0 amide bonds. The molecule has 0 heterocycles. The molecule has 308 valence electrons. The minimum absolute atomic E-state index is 0.0846. The fraction of sp³-hybridized carbons (Fsp3) is 0.625. The average Bonchev–Trinajstić information content (AvgIpc) is 2.95. The third-order valence-corrected chi connectivity index (χ3v) is 6.22. The van der Waals surface area contributed by atoms with Crippen molar-refractivity contribution in [3.05, 3.63) is 42.0 Å². The quantitative estimate of drug-likeness (QED) is 0.0891.